The van der Waals surface area contributed by atoms with E-state index in [1.807, 2.05) is 32.9 Å². The molecule has 26 heavy (non-hydrogen) atoms. The van der Waals surface area contributed by atoms with E-state index in [-0.39, 0.29) is 18.4 Å². The summed E-state index contributed by atoms with van der Waals surface area (Å²) in [4.78, 5) is 36.3. The number of hydrogen-bond acceptors (Lipinski definition) is 3. The molecule has 0 aromatic heterocycles. The van der Waals surface area contributed by atoms with Gasteiger partial charge in [0.25, 0.3) is 0 Å². The van der Waals surface area contributed by atoms with Gasteiger partial charge in [-0.25, -0.2) is 4.79 Å². The van der Waals surface area contributed by atoms with Gasteiger partial charge in [0.1, 0.15) is 0 Å². The molecule has 0 radical (unpaired) electrons. The van der Waals surface area contributed by atoms with Crippen molar-refractivity contribution in [2.75, 3.05) is 25.5 Å². The van der Waals surface area contributed by atoms with Gasteiger partial charge in [-0.2, -0.15) is 0 Å². The molecule has 1 aromatic carbocycles. The van der Waals surface area contributed by atoms with Crippen molar-refractivity contribution in [3.8, 4) is 0 Å². The third-order valence-corrected chi connectivity index (χ3v) is 4.11. The molecule has 0 saturated carbocycles. The number of nitrogens with two attached hydrogens (primary N) is 1. The SMILES string of the molecule is Cc1cc(C)c(NC(=O)CN(C)C(=O)CCCCCNC(N)=O)c(C)c1. The maximum Gasteiger partial charge on any atom is 0.312 e. The average Bonchev–Trinajstić information content (AvgIpc) is 2.53. The molecular weight excluding hydrogens is 332 g/mol. The lowest BCUT2D eigenvalue weighted by atomic mass is 10.1. The molecule has 4 N–H and O–H groups in total. The number of carbonyl (C=O) groups excluding carboxylic acids is 3. The number of likely N-dealkylation sites (N-methyl/N-ethyl adjacent to an activating group) is 1. The van der Waals surface area contributed by atoms with Gasteiger partial charge in [-0.05, 0) is 44.7 Å². The second-order valence-corrected chi connectivity index (χ2v) is 6.67. The van der Waals surface area contributed by atoms with Crippen molar-refractivity contribution in [1.82, 2.24) is 10.2 Å². The second kappa shape index (κ2) is 10.4. The largest absolute Gasteiger partial charge is 0.352 e. The van der Waals surface area contributed by atoms with Crippen molar-refractivity contribution in [1.29, 1.82) is 0 Å². The van der Waals surface area contributed by atoms with Crippen molar-refractivity contribution in [3.05, 3.63) is 28.8 Å². The molecule has 0 aliphatic heterocycles. The molecule has 7 nitrogen and oxygen atoms in total. The molecule has 0 unspecified atom stereocenters. The highest BCUT2D eigenvalue weighted by Crippen LogP contribution is 2.21. The van der Waals surface area contributed by atoms with E-state index in [9.17, 15) is 14.4 Å². The highest BCUT2D eigenvalue weighted by Gasteiger charge is 2.14. The molecule has 0 atom stereocenters. The van der Waals surface area contributed by atoms with Crippen LogP contribution in [-0.4, -0.2) is 42.9 Å². The molecule has 0 spiro atoms. The summed E-state index contributed by atoms with van der Waals surface area (Å²) in [6.45, 7) is 6.46. The monoisotopic (exact) mass is 362 g/mol. The van der Waals surface area contributed by atoms with E-state index in [1.165, 1.54) is 4.90 Å². The Bertz CT molecular complexity index is 635. The Hall–Kier alpha value is -2.57. The van der Waals surface area contributed by atoms with Gasteiger partial charge in [0, 0.05) is 25.7 Å². The van der Waals surface area contributed by atoms with Crippen LogP contribution in [0.1, 0.15) is 42.4 Å². The van der Waals surface area contributed by atoms with Crippen LogP contribution in [0, 0.1) is 20.8 Å². The van der Waals surface area contributed by atoms with Crippen molar-refractivity contribution in [2.45, 2.75) is 46.5 Å². The molecule has 0 heterocycles. The zero-order valence-electron chi connectivity index (χ0n) is 16.1. The summed E-state index contributed by atoms with van der Waals surface area (Å²) < 4.78 is 0. The lowest BCUT2D eigenvalue weighted by Crippen LogP contribution is -2.35. The quantitative estimate of drug-likeness (QED) is 0.587. The predicted octanol–water partition coefficient (Wildman–Crippen LogP) is 2.24. The van der Waals surface area contributed by atoms with Crippen LogP contribution in [0.2, 0.25) is 0 Å². The number of nitrogens with one attached hydrogen (secondary N) is 2. The highest BCUT2D eigenvalue weighted by atomic mass is 16.2. The van der Waals surface area contributed by atoms with Gasteiger partial charge in [-0.15, -0.1) is 0 Å². The van der Waals surface area contributed by atoms with Crippen LogP contribution >= 0.6 is 0 Å². The van der Waals surface area contributed by atoms with E-state index in [1.54, 1.807) is 7.05 Å². The van der Waals surface area contributed by atoms with Gasteiger partial charge < -0.3 is 21.3 Å². The summed E-state index contributed by atoms with van der Waals surface area (Å²) in [5, 5.41) is 5.41. The van der Waals surface area contributed by atoms with Gasteiger partial charge in [0.2, 0.25) is 11.8 Å². The van der Waals surface area contributed by atoms with Gasteiger partial charge in [0.05, 0.1) is 6.54 Å². The molecule has 7 heteroatoms. The normalized spacial score (nSPS) is 10.3. The fourth-order valence-corrected chi connectivity index (χ4v) is 2.84. The van der Waals surface area contributed by atoms with Gasteiger partial charge in [0.15, 0.2) is 0 Å². The Morgan fingerprint density at radius 1 is 1.04 bits per heavy atom. The number of rotatable bonds is 9. The second-order valence-electron chi connectivity index (χ2n) is 6.67. The van der Waals surface area contributed by atoms with Crippen LogP contribution in [0.25, 0.3) is 0 Å². The van der Waals surface area contributed by atoms with Crippen molar-refractivity contribution in [3.63, 3.8) is 0 Å². The molecule has 4 amide bonds. The first-order valence-electron chi connectivity index (χ1n) is 8.85. The Labute approximate surface area is 155 Å². The van der Waals surface area contributed by atoms with Crippen LogP contribution in [0.5, 0.6) is 0 Å². The maximum atomic E-state index is 12.2. The minimum atomic E-state index is -0.536. The zero-order chi connectivity index (χ0) is 19.7. The van der Waals surface area contributed by atoms with E-state index < -0.39 is 6.03 Å². The third-order valence-electron chi connectivity index (χ3n) is 4.11. The molecule has 1 rings (SSSR count). The minimum absolute atomic E-state index is 0.0226. The molecule has 0 saturated heterocycles. The maximum absolute atomic E-state index is 12.2. The molecule has 0 aliphatic carbocycles. The summed E-state index contributed by atoms with van der Waals surface area (Å²) in [6, 6.07) is 3.50. The lowest BCUT2D eigenvalue weighted by Gasteiger charge is -2.18. The fraction of sp³-hybridized carbons (Fsp3) is 0.526. The van der Waals surface area contributed by atoms with Crippen molar-refractivity contribution >= 4 is 23.5 Å². The summed E-state index contributed by atoms with van der Waals surface area (Å²) in [5.74, 6) is -0.276. The molecule has 1 aromatic rings. The first-order valence-corrected chi connectivity index (χ1v) is 8.85. The fourth-order valence-electron chi connectivity index (χ4n) is 2.84. The Kier molecular flexibility index (Phi) is 8.61. The zero-order valence-corrected chi connectivity index (χ0v) is 16.1. The molecule has 0 bridgehead atoms. The van der Waals surface area contributed by atoms with Gasteiger partial charge in [-0.1, -0.05) is 24.1 Å². The summed E-state index contributed by atoms with van der Waals surface area (Å²) in [5.41, 5.74) is 8.95. The Morgan fingerprint density at radius 2 is 1.65 bits per heavy atom. The van der Waals surface area contributed by atoms with Crippen LogP contribution in [0.15, 0.2) is 12.1 Å². The van der Waals surface area contributed by atoms with Crippen LogP contribution < -0.4 is 16.4 Å². The first kappa shape index (κ1) is 21.5. The number of hydrogen-bond donors (Lipinski definition) is 3. The van der Waals surface area contributed by atoms with E-state index in [2.05, 4.69) is 10.6 Å². The van der Waals surface area contributed by atoms with Crippen LogP contribution in [0.4, 0.5) is 10.5 Å². The number of unbranched alkanes of at least 4 members (excludes halogenated alkanes) is 2. The topological polar surface area (TPSA) is 105 Å². The number of urea groups is 1. The molecule has 144 valence electrons. The molecule has 0 fully saturated rings. The summed E-state index contributed by atoms with van der Waals surface area (Å²) >= 11 is 0. The number of primary amides is 1. The number of benzene rings is 1. The van der Waals surface area contributed by atoms with E-state index >= 15 is 0 Å². The number of carbonyl (C=O) groups is 3. The standard InChI is InChI=1S/C19H30N4O3/c1-13-10-14(2)18(15(3)11-13)22-16(24)12-23(4)17(25)8-6-5-7-9-21-19(20)26/h10-11H,5-9,12H2,1-4H3,(H,22,24)(H3,20,21,26). The molecule has 0 aliphatic rings. The Balaban J connectivity index is 2.37. The number of amides is 4. The Morgan fingerprint density at radius 3 is 2.23 bits per heavy atom. The van der Waals surface area contributed by atoms with Gasteiger partial charge in [-0.3, -0.25) is 9.59 Å². The first-order chi connectivity index (χ1) is 12.2. The smallest absolute Gasteiger partial charge is 0.312 e. The van der Waals surface area contributed by atoms with Crippen molar-refractivity contribution < 1.29 is 14.4 Å². The minimum Gasteiger partial charge on any atom is -0.352 e. The van der Waals surface area contributed by atoms with E-state index in [4.69, 9.17) is 5.73 Å². The van der Waals surface area contributed by atoms with Crippen LogP contribution in [-0.2, 0) is 9.59 Å². The van der Waals surface area contributed by atoms with Crippen molar-refractivity contribution in [2.24, 2.45) is 5.73 Å². The lowest BCUT2D eigenvalue weighted by molar-refractivity contribution is -0.133. The molecular formula is C19H30N4O3. The number of nitrogens with zero attached hydrogens (tertiary/aromatic N) is 1. The van der Waals surface area contributed by atoms with Gasteiger partial charge >= 0.3 is 6.03 Å². The summed E-state index contributed by atoms with van der Waals surface area (Å²) in [7, 11) is 1.63. The average molecular weight is 362 g/mol. The predicted molar refractivity (Wildman–Crippen MR) is 103 cm³/mol. The van der Waals surface area contributed by atoms with E-state index in [0.29, 0.717) is 19.4 Å². The summed E-state index contributed by atoms with van der Waals surface area (Å²) in [6.07, 6.45) is 2.67. The number of aryl methyl sites for hydroxylation is 3. The number of anilines is 1. The van der Waals surface area contributed by atoms with Crippen LogP contribution in [0.3, 0.4) is 0 Å². The highest BCUT2D eigenvalue weighted by molar-refractivity contribution is 5.95. The third kappa shape index (κ3) is 7.55. The van der Waals surface area contributed by atoms with E-state index in [0.717, 1.165) is 35.2 Å².